The Bertz CT molecular complexity index is 483. The molecule has 1 aliphatic rings. The van der Waals surface area contributed by atoms with Crippen LogP contribution in [0.1, 0.15) is 39.3 Å². The first-order chi connectivity index (χ1) is 9.42. The standard InChI is InChI=1S/C16H24N2O2/c1-11(2)15(19)18-10-9-17-14-12-7-5-6-8-13(12)20-16(14,3)4/h5-8,11,14,17H,9-10H2,1-4H3,(H,18,19). The first kappa shape index (κ1) is 14.9. The molecule has 1 aliphatic heterocycles. The second kappa shape index (κ2) is 5.83. The van der Waals surface area contributed by atoms with Crippen LogP contribution in [0.3, 0.4) is 0 Å². The quantitative estimate of drug-likeness (QED) is 0.811. The lowest BCUT2D eigenvalue weighted by Crippen LogP contribution is -2.42. The molecule has 2 N–H and O–H groups in total. The number of carbonyl (C=O) groups is 1. The predicted molar refractivity (Wildman–Crippen MR) is 79.7 cm³/mol. The zero-order chi connectivity index (χ0) is 14.8. The lowest BCUT2D eigenvalue weighted by atomic mass is 9.94. The first-order valence-corrected chi connectivity index (χ1v) is 7.21. The largest absolute Gasteiger partial charge is 0.486 e. The Morgan fingerprint density at radius 2 is 2.00 bits per heavy atom. The Kier molecular flexibility index (Phi) is 4.33. The van der Waals surface area contributed by atoms with E-state index in [1.54, 1.807) is 0 Å². The number of hydrogen-bond acceptors (Lipinski definition) is 3. The van der Waals surface area contributed by atoms with Gasteiger partial charge in [-0.25, -0.2) is 0 Å². The van der Waals surface area contributed by atoms with Gasteiger partial charge in [-0.1, -0.05) is 32.0 Å². The first-order valence-electron chi connectivity index (χ1n) is 7.21. The van der Waals surface area contributed by atoms with Gasteiger partial charge in [-0.2, -0.15) is 0 Å². The second-order valence-corrected chi connectivity index (χ2v) is 6.08. The van der Waals surface area contributed by atoms with Gasteiger partial charge in [0.15, 0.2) is 0 Å². The number of para-hydroxylation sites is 1. The fraction of sp³-hybridized carbons (Fsp3) is 0.562. The van der Waals surface area contributed by atoms with Crippen LogP contribution in [0.25, 0.3) is 0 Å². The van der Waals surface area contributed by atoms with Crippen LogP contribution in [0.2, 0.25) is 0 Å². The third-order valence-electron chi connectivity index (χ3n) is 3.60. The van der Waals surface area contributed by atoms with Crippen LogP contribution in [0.5, 0.6) is 5.75 Å². The summed E-state index contributed by atoms with van der Waals surface area (Å²) in [5, 5.41) is 6.40. The Balaban J connectivity index is 1.91. The number of rotatable bonds is 5. The molecular formula is C16H24N2O2. The van der Waals surface area contributed by atoms with Gasteiger partial charge in [0.1, 0.15) is 11.4 Å². The molecule has 1 unspecified atom stereocenters. The number of nitrogens with one attached hydrogen (secondary N) is 2. The van der Waals surface area contributed by atoms with E-state index in [0.717, 1.165) is 12.3 Å². The van der Waals surface area contributed by atoms with Crippen LogP contribution < -0.4 is 15.4 Å². The summed E-state index contributed by atoms with van der Waals surface area (Å²) in [4.78, 5) is 11.5. The van der Waals surface area contributed by atoms with Crippen LogP contribution >= 0.6 is 0 Å². The van der Waals surface area contributed by atoms with Gasteiger partial charge in [-0.05, 0) is 19.9 Å². The van der Waals surface area contributed by atoms with Gasteiger partial charge in [0.05, 0.1) is 6.04 Å². The molecule has 0 saturated heterocycles. The topological polar surface area (TPSA) is 50.4 Å². The molecule has 1 aromatic rings. The van der Waals surface area contributed by atoms with Gasteiger partial charge in [-0.15, -0.1) is 0 Å². The molecule has 0 aromatic heterocycles. The van der Waals surface area contributed by atoms with E-state index in [1.807, 2.05) is 32.0 Å². The monoisotopic (exact) mass is 276 g/mol. The van der Waals surface area contributed by atoms with Crippen LogP contribution in [-0.4, -0.2) is 24.6 Å². The van der Waals surface area contributed by atoms with Crippen molar-refractivity contribution >= 4 is 5.91 Å². The number of carbonyl (C=O) groups excluding carboxylic acids is 1. The molecule has 4 nitrogen and oxygen atoms in total. The number of benzene rings is 1. The van der Waals surface area contributed by atoms with Crippen molar-refractivity contribution in [2.75, 3.05) is 13.1 Å². The van der Waals surface area contributed by atoms with E-state index >= 15 is 0 Å². The van der Waals surface area contributed by atoms with Crippen LogP contribution in [0.15, 0.2) is 24.3 Å². The van der Waals surface area contributed by atoms with Crippen molar-refractivity contribution in [1.29, 1.82) is 0 Å². The molecule has 0 spiro atoms. The van der Waals surface area contributed by atoms with E-state index in [4.69, 9.17) is 4.74 Å². The van der Waals surface area contributed by atoms with Gasteiger partial charge in [0.25, 0.3) is 0 Å². The minimum atomic E-state index is -0.272. The van der Waals surface area contributed by atoms with Gasteiger partial charge >= 0.3 is 0 Å². The fourth-order valence-corrected chi connectivity index (χ4v) is 2.49. The van der Waals surface area contributed by atoms with Crippen LogP contribution in [0.4, 0.5) is 0 Å². The van der Waals surface area contributed by atoms with Crippen molar-refractivity contribution in [1.82, 2.24) is 10.6 Å². The SMILES string of the molecule is CC(C)C(=O)NCCNC1c2ccccc2OC1(C)C. The van der Waals surface area contributed by atoms with Crippen LogP contribution in [-0.2, 0) is 4.79 Å². The van der Waals surface area contributed by atoms with E-state index in [9.17, 15) is 4.79 Å². The molecule has 2 rings (SSSR count). The molecular weight excluding hydrogens is 252 g/mol. The minimum Gasteiger partial charge on any atom is -0.486 e. The van der Waals surface area contributed by atoms with Crippen molar-refractivity contribution in [3.8, 4) is 5.75 Å². The number of hydrogen-bond donors (Lipinski definition) is 2. The zero-order valence-corrected chi connectivity index (χ0v) is 12.7. The second-order valence-electron chi connectivity index (χ2n) is 6.08. The van der Waals surface area contributed by atoms with Gasteiger partial charge in [0, 0.05) is 24.6 Å². The molecule has 1 aromatic carbocycles. The van der Waals surface area contributed by atoms with Crippen molar-refractivity contribution in [3.05, 3.63) is 29.8 Å². The average Bonchev–Trinajstić information content (AvgIpc) is 2.64. The highest BCUT2D eigenvalue weighted by atomic mass is 16.5. The molecule has 4 heteroatoms. The number of amides is 1. The van der Waals surface area contributed by atoms with Crippen molar-refractivity contribution in [3.63, 3.8) is 0 Å². The Morgan fingerprint density at radius 3 is 2.70 bits per heavy atom. The van der Waals surface area contributed by atoms with Crippen molar-refractivity contribution in [2.24, 2.45) is 5.92 Å². The molecule has 0 radical (unpaired) electrons. The maximum Gasteiger partial charge on any atom is 0.222 e. The molecule has 0 aliphatic carbocycles. The normalized spacial score (nSPS) is 19.6. The van der Waals surface area contributed by atoms with E-state index in [1.165, 1.54) is 5.56 Å². The van der Waals surface area contributed by atoms with Gasteiger partial charge < -0.3 is 15.4 Å². The summed E-state index contributed by atoms with van der Waals surface area (Å²) >= 11 is 0. The maximum atomic E-state index is 11.5. The average molecular weight is 276 g/mol. The highest BCUT2D eigenvalue weighted by Gasteiger charge is 2.40. The number of fused-ring (bicyclic) bond motifs is 1. The molecule has 1 amide bonds. The molecule has 0 saturated carbocycles. The molecule has 110 valence electrons. The van der Waals surface area contributed by atoms with Crippen molar-refractivity contribution in [2.45, 2.75) is 39.3 Å². The van der Waals surface area contributed by atoms with Gasteiger partial charge in [0.2, 0.25) is 5.91 Å². The Morgan fingerprint density at radius 1 is 1.30 bits per heavy atom. The highest BCUT2D eigenvalue weighted by Crippen LogP contribution is 2.42. The summed E-state index contributed by atoms with van der Waals surface area (Å²) in [5.74, 6) is 1.07. The third-order valence-corrected chi connectivity index (χ3v) is 3.60. The van der Waals surface area contributed by atoms with E-state index in [0.29, 0.717) is 6.54 Å². The maximum absolute atomic E-state index is 11.5. The summed E-state index contributed by atoms with van der Waals surface area (Å²) in [7, 11) is 0. The molecule has 0 fully saturated rings. The lowest BCUT2D eigenvalue weighted by Gasteiger charge is -2.27. The van der Waals surface area contributed by atoms with Crippen LogP contribution in [0, 0.1) is 5.92 Å². The molecule has 1 atom stereocenters. The lowest BCUT2D eigenvalue weighted by molar-refractivity contribution is -0.123. The Labute approximate surface area is 120 Å². The number of ether oxygens (including phenoxy) is 1. The summed E-state index contributed by atoms with van der Waals surface area (Å²) in [6.45, 7) is 9.31. The fourth-order valence-electron chi connectivity index (χ4n) is 2.49. The van der Waals surface area contributed by atoms with Gasteiger partial charge in [-0.3, -0.25) is 4.79 Å². The minimum absolute atomic E-state index is 0.0296. The summed E-state index contributed by atoms with van der Waals surface area (Å²) in [6, 6.07) is 8.25. The van der Waals surface area contributed by atoms with E-state index in [-0.39, 0.29) is 23.5 Å². The molecule has 20 heavy (non-hydrogen) atoms. The zero-order valence-electron chi connectivity index (χ0n) is 12.7. The highest BCUT2D eigenvalue weighted by molar-refractivity contribution is 5.77. The smallest absolute Gasteiger partial charge is 0.222 e. The molecule has 1 heterocycles. The molecule has 0 bridgehead atoms. The summed E-state index contributed by atoms with van der Waals surface area (Å²) in [5.41, 5.74) is 0.916. The predicted octanol–water partition coefficient (Wildman–Crippen LogP) is 2.26. The third kappa shape index (κ3) is 3.12. The Hall–Kier alpha value is -1.55. The summed E-state index contributed by atoms with van der Waals surface area (Å²) < 4.78 is 5.97. The van der Waals surface area contributed by atoms with E-state index in [2.05, 4.69) is 30.5 Å². The summed E-state index contributed by atoms with van der Waals surface area (Å²) in [6.07, 6.45) is 0. The van der Waals surface area contributed by atoms with Crippen molar-refractivity contribution < 1.29 is 9.53 Å². The van der Waals surface area contributed by atoms with E-state index < -0.39 is 0 Å².